The third-order valence-corrected chi connectivity index (χ3v) is 3.86. The van der Waals surface area contributed by atoms with Gasteiger partial charge in [-0.1, -0.05) is 18.6 Å². The summed E-state index contributed by atoms with van der Waals surface area (Å²) in [7, 11) is 0. The van der Waals surface area contributed by atoms with Crippen molar-refractivity contribution >= 4 is 12.0 Å². The highest BCUT2D eigenvalue weighted by molar-refractivity contribution is 5.85. The molecule has 1 unspecified atom stereocenters. The summed E-state index contributed by atoms with van der Waals surface area (Å²) in [5.41, 5.74) is 0.834. The molecule has 1 atom stereocenters. The fourth-order valence-corrected chi connectivity index (χ4v) is 2.65. The number of hydrogen-bond donors (Lipinski definition) is 1. The van der Waals surface area contributed by atoms with Gasteiger partial charge in [0, 0.05) is 18.7 Å². The van der Waals surface area contributed by atoms with E-state index < -0.39 is 5.97 Å². The molecule has 4 nitrogen and oxygen atoms in total. The average molecular weight is 289 g/mol. The summed E-state index contributed by atoms with van der Waals surface area (Å²) < 4.78 is 5.78. The molecule has 0 aromatic heterocycles. The predicted molar refractivity (Wildman–Crippen MR) is 83.5 cm³/mol. The summed E-state index contributed by atoms with van der Waals surface area (Å²) in [5, 5.41) is 8.63. The fourth-order valence-electron chi connectivity index (χ4n) is 2.65. The van der Waals surface area contributed by atoms with Crippen molar-refractivity contribution in [3.63, 3.8) is 0 Å². The molecule has 1 aliphatic rings. The molecule has 1 aliphatic heterocycles. The van der Waals surface area contributed by atoms with Crippen molar-refractivity contribution in [1.82, 2.24) is 4.90 Å². The Labute approximate surface area is 126 Å². The second kappa shape index (κ2) is 7.84. The Morgan fingerprint density at radius 2 is 2.33 bits per heavy atom. The molecule has 0 saturated carbocycles. The SMILES string of the molecule is CC1CCCCN1CCOc1cccc(C=CC(=O)O)c1. The maximum absolute atomic E-state index is 10.5. The van der Waals surface area contributed by atoms with E-state index >= 15 is 0 Å². The number of ether oxygens (including phenoxy) is 1. The van der Waals surface area contributed by atoms with Gasteiger partial charge < -0.3 is 9.84 Å². The quantitative estimate of drug-likeness (QED) is 0.818. The fraction of sp³-hybridized carbons (Fsp3) is 0.471. The number of benzene rings is 1. The molecule has 0 radical (unpaired) electrons. The second-order valence-electron chi connectivity index (χ2n) is 5.47. The monoisotopic (exact) mass is 289 g/mol. The lowest BCUT2D eigenvalue weighted by Gasteiger charge is -2.33. The molecule has 1 heterocycles. The third kappa shape index (κ3) is 5.23. The molecule has 2 rings (SSSR count). The van der Waals surface area contributed by atoms with Gasteiger partial charge in [0.25, 0.3) is 0 Å². The number of carboxylic acids is 1. The largest absolute Gasteiger partial charge is 0.492 e. The summed E-state index contributed by atoms with van der Waals surface area (Å²) in [6.07, 6.45) is 6.59. The number of carbonyl (C=O) groups is 1. The number of nitrogens with zero attached hydrogens (tertiary/aromatic N) is 1. The number of aliphatic carboxylic acids is 1. The molecule has 1 fully saturated rings. The Balaban J connectivity index is 1.82. The van der Waals surface area contributed by atoms with Crippen LogP contribution in [0.15, 0.2) is 30.3 Å². The minimum Gasteiger partial charge on any atom is -0.492 e. The Hall–Kier alpha value is -1.81. The van der Waals surface area contributed by atoms with Crippen molar-refractivity contribution in [3.05, 3.63) is 35.9 Å². The van der Waals surface area contributed by atoms with E-state index in [-0.39, 0.29) is 0 Å². The maximum atomic E-state index is 10.5. The zero-order chi connectivity index (χ0) is 15.1. The van der Waals surface area contributed by atoms with Crippen molar-refractivity contribution in [2.45, 2.75) is 32.2 Å². The van der Waals surface area contributed by atoms with Gasteiger partial charge in [-0.05, 0) is 50.1 Å². The van der Waals surface area contributed by atoms with E-state index in [4.69, 9.17) is 9.84 Å². The van der Waals surface area contributed by atoms with E-state index in [1.54, 1.807) is 6.08 Å². The molecule has 1 aromatic rings. The van der Waals surface area contributed by atoms with Crippen molar-refractivity contribution < 1.29 is 14.6 Å². The van der Waals surface area contributed by atoms with Gasteiger partial charge in [0.15, 0.2) is 0 Å². The number of likely N-dealkylation sites (tertiary alicyclic amines) is 1. The summed E-state index contributed by atoms with van der Waals surface area (Å²) in [5.74, 6) is -0.160. The van der Waals surface area contributed by atoms with Crippen LogP contribution in [-0.2, 0) is 4.79 Å². The Morgan fingerprint density at radius 3 is 3.10 bits per heavy atom. The van der Waals surface area contributed by atoms with Crippen molar-refractivity contribution in [1.29, 1.82) is 0 Å². The molecule has 4 heteroatoms. The van der Waals surface area contributed by atoms with Crippen molar-refractivity contribution in [3.8, 4) is 5.75 Å². The van der Waals surface area contributed by atoms with Gasteiger partial charge in [-0.3, -0.25) is 4.90 Å². The molecular formula is C17H23NO3. The van der Waals surface area contributed by atoms with E-state index in [2.05, 4.69) is 11.8 Å². The summed E-state index contributed by atoms with van der Waals surface area (Å²) in [6.45, 7) is 5.04. The third-order valence-electron chi connectivity index (χ3n) is 3.86. The molecule has 21 heavy (non-hydrogen) atoms. The first-order valence-corrected chi connectivity index (χ1v) is 7.53. The zero-order valence-corrected chi connectivity index (χ0v) is 12.5. The van der Waals surface area contributed by atoms with E-state index in [9.17, 15) is 4.79 Å². The topological polar surface area (TPSA) is 49.8 Å². The van der Waals surface area contributed by atoms with Crippen LogP contribution in [0, 0.1) is 0 Å². The van der Waals surface area contributed by atoms with Gasteiger partial charge in [-0.2, -0.15) is 0 Å². The number of piperidine rings is 1. The summed E-state index contributed by atoms with van der Waals surface area (Å²) in [4.78, 5) is 13.0. The van der Waals surface area contributed by atoms with Crippen LogP contribution >= 0.6 is 0 Å². The lowest BCUT2D eigenvalue weighted by atomic mass is 10.0. The normalized spacial score (nSPS) is 19.8. The van der Waals surface area contributed by atoms with Crippen LogP contribution in [0.4, 0.5) is 0 Å². The maximum Gasteiger partial charge on any atom is 0.328 e. The van der Waals surface area contributed by atoms with Gasteiger partial charge >= 0.3 is 5.97 Å². The predicted octanol–water partition coefficient (Wildman–Crippen LogP) is 3.04. The van der Waals surface area contributed by atoms with Crippen LogP contribution in [0.5, 0.6) is 5.75 Å². The molecule has 1 saturated heterocycles. The average Bonchev–Trinajstić information content (AvgIpc) is 2.48. The highest BCUT2D eigenvalue weighted by atomic mass is 16.5. The molecular weight excluding hydrogens is 266 g/mol. The van der Waals surface area contributed by atoms with Crippen LogP contribution in [0.3, 0.4) is 0 Å². The summed E-state index contributed by atoms with van der Waals surface area (Å²) >= 11 is 0. The zero-order valence-electron chi connectivity index (χ0n) is 12.5. The lowest BCUT2D eigenvalue weighted by molar-refractivity contribution is -0.131. The molecule has 1 aromatic carbocycles. The molecule has 0 aliphatic carbocycles. The van der Waals surface area contributed by atoms with Gasteiger partial charge in [0.05, 0.1) is 0 Å². The minimum absolute atomic E-state index is 0.646. The first kappa shape index (κ1) is 15.6. The van der Waals surface area contributed by atoms with Crippen LogP contribution in [0.2, 0.25) is 0 Å². The van der Waals surface area contributed by atoms with Gasteiger partial charge in [0.1, 0.15) is 12.4 Å². The Bertz CT molecular complexity index is 499. The van der Waals surface area contributed by atoms with E-state index in [0.717, 1.165) is 30.5 Å². The number of hydrogen-bond acceptors (Lipinski definition) is 3. The molecule has 1 N–H and O–H groups in total. The second-order valence-corrected chi connectivity index (χ2v) is 5.47. The van der Waals surface area contributed by atoms with Crippen LogP contribution in [0.25, 0.3) is 6.08 Å². The van der Waals surface area contributed by atoms with E-state index in [1.807, 2.05) is 24.3 Å². The lowest BCUT2D eigenvalue weighted by Crippen LogP contribution is -2.39. The van der Waals surface area contributed by atoms with Gasteiger partial charge in [0.2, 0.25) is 0 Å². The van der Waals surface area contributed by atoms with E-state index in [0.29, 0.717) is 12.6 Å². The Kier molecular flexibility index (Phi) is 5.81. The number of rotatable bonds is 6. The smallest absolute Gasteiger partial charge is 0.328 e. The first-order chi connectivity index (χ1) is 10.1. The summed E-state index contributed by atoms with van der Waals surface area (Å²) in [6, 6.07) is 8.14. The van der Waals surface area contributed by atoms with Gasteiger partial charge in [-0.25, -0.2) is 4.79 Å². The molecule has 0 amide bonds. The minimum atomic E-state index is -0.944. The first-order valence-electron chi connectivity index (χ1n) is 7.53. The van der Waals surface area contributed by atoms with Crippen molar-refractivity contribution in [2.24, 2.45) is 0 Å². The standard InChI is InChI=1S/C17H23NO3/c1-14-5-2-3-10-18(14)11-12-21-16-7-4-6-15(13-16)8-9-17(19)20/h4,6-9,13-14H,2-3,5,10-12H2,1H3,(H,19,20). The van der Waals surface area contributed by atoms with Crippen LogP contribution in [0.1, 0.15) is 31.7 Å². The highest BCUT2D eigenvalue weighted by Crippen LogP contribution is 2.17. The molecule has 114 valence electrons. The van der Waals surface area contributed by atoms with Gasteiger partial charge in [-0.15, -0.1) is 0 Å². The van der Waals surface area contributed by atoms with Crippen LogP contribution in [-0.4, -0.2) is 41.7 Å². The molecule has 0 bridgehead atoms. The van der Waals surface area contributed by atoms with Crippen LogP contribution < -0.4 is 4.74 Å². The Morgan fingerprint density at radius 1 is 1.48 bits per heavy atom. The molecule has 0 spiro atoms. The van der Waals surface area contributed by atoms with Crippen molar-refractivity contribution in [2.75, 3.05) is 19.7 Å². The van der Waals surface area contributed by atoms with E-state index in [1.165, 1.54) is 19.3 Å². The number of carboxylic acid groups (broad SMARTS) is 1. The highest BCUT2D eigenvalue weighted by Gasteiger charge is 2.17.